The monoisotopic (exact) mass is 153 g/mol. The molecule has 1 aromatic rings. The number of hydrogen-bond donors (Lipinski definition) is 2. The molecule has 0 saturated carbocycles. The third-order valence-electron chi connectivity index (χ3n) is 1.26. The minimum Gasteiger partial charge on any atom is -0.395 e. The largest absolute Gasteiger partial charge is 0.395 e. The van der Waals surface area contributed by atoms with E-state index in [0.717, 1.165) is 12.1 Å². The van der Waals surface area contributed by atoms with E-state index in [1.807, 2.05) is 6.07 Å². The van der Waals surface area contributed by atoms with Gasteiger partial charge in [0.15, 0.2) is 0 Å². The van der Waals surface area contributed by atoms with Gasteiger partial charge < -0.3 is 10.4 Å². The molecule has 0 saturated heterocycles. The van der Waals surface area contributed by atoms with Crippen LogP contribution in [0.3, 0.4) is 0 Å². The van der Waals surface area contributed by atoms with E-state index in [-0.39, 0.29) is 6.61 Å². The first-order valence-corrected chi connectivity index (χ1v) is 3.50. The van der Waals surface area contributed by atoms with Gasteiger partial charge in [-0.2, -0.15) is 10.2 Å². The second-order valence-electron chi connectivity index (χ2n) is 2.15. The van der Waals surface area contributed by atoms with E-state index in [2.05, 4.69) is 15.5 Å². The summed E-state index contributed by atoms with van der Waals surface area (Å²) < 4.78 is 0. The lowest BCUT2D eigenvalue weighted by atomic mass is 10.3. The van der Waals surface area contributed by atoms with Crippen LogP contribution in [0, 0.1) is 0 Å². The SMILES string of the molecule is OCCNCc1ccnnc1. The van der Waals surface area contributed by atoms with Crippen LogP contribution in [0.2, 0.25) is 0 Å². The number of aliphatic hydroxyl groups excluding tert-OH is 1. The van der Waals surface area contributed by atoms with Gasteiger partial charge in [-0.3, -0.25) is 0 Å². The molecule has 0 radical (unpaired) electrons. The van der Waals surface area contributed by atoms with Crippen molar-refractivity contribution in [1.29, 1.82) is 0 Å². The lowest BCUT2D eigenvalue weighted by molar-refractivity contribution is 0.292. The summed E-state index contributed by atoms with van der Waals surface area (Å²) in [6, 6.07) is 1.89. The van der Waals surface area contributed by atoms with Crippen LogP contribution in [-0.2, 0) is 6.54 Å². The van der Waals surface area contributed by atoms with Gasteiger partial charge in [0.25, 0.3) is 0 Å². The predicted molar refractivity (Wildman–Crippen MR) is 40.8 cm³/mol. The zero-order valence-electron chi connectivity index (χ0n) is 6.20. The Morgan fingerprint density at radius 3 is 3.00 bits per heavy atom. The zero-order chi connectivity index (χ0) is 7.94. The third-order valence-corrected chi connectivity index (χ3v) is 1.26. The smallest absolute Gasteiger partial charge is 0.0556 e. The third kappa shape index (κ3) is 3.06. The van der Waals surface area contributed by atoms with Crippen molar-refractivity contribution < 1.29 is 5.11 Å². The van der Waals surface area contributed by atoms with E-state index in [4.69, 9.17) is 5.11 Å². The van der Waals surface area contributed by atoms with Gasteiger partial charge in [-0.1, -0.05) is 0 Å². The lowest BCUT2D eigenvalue weighted by Crippen LogP contribution is -2.17. The van der Waals surface area contributed by atoms with E-state index in [0.29, 0.717) is 6.54 Å². The topological polar surface area (TPSA) is 58.0 Å². The van der Waals surface area contributed by atoms with E-state index in [1.54, 1.807) is 12.4 Å². The van der Waals surface area contributed by atoms with Gasteiger partial charge in [0, 0.05) is 19.3 Å². The molecule has 0 aromatic carbocycles. The molecule has 0 unspecified atom stereocenters. The first-order chi connectivity index (χ1) is 5.43. The van der Waals surface area contributed by atoms with Crippen molar-refractivity contribution in [2.75, 3.05) is 13.2 Å². The van der Waals surface area contributed by atoms with Crippen LogP contribution >= 0.6 is 0 Å². The summed E-state index contributed by atoms with van der Waals surface area (Å²) in [6.45, 7) is 1.51. The summed E-state index contributed by atoms with van der Waals surface area (Å²) in [5.41, 5.74) is 1.08. The normalized spacial score (nSPS) is 9.91. The molecule has 0 aliphatic rings. The standard InChI is InChI=1S/C7H11N3O/c11-4-3-8-5-7-1-2-9-10-6-7/h1-2,6,8,11H,3-5H2. The first-order valence-electron chi connectivity index (χ1n) is 3.50. The Bertz CT molecular complexity index is 190. The molecule has 4 heteroatoms. The molecule has 1 aromatic heterocycles. The minimum atomic E-state index is 0.165. The molecule has 0 fully saturated rings. The fourth-order valence-corrected chi connectivity index (χ4v) is 0.734. The molecular formula is C7H11N3O. The number of nitrogens with zero attached hydrogens (tertiary/aromatic N) is 2. The van der Waals surface area contributed by atoms with Gasteiger partial charge in [0.2, 0.25) is 0 Å². The average molecular weight is 153 g/mol. The molecule has 1 heterocycles. The molecule has 0 amide bonds. The summed E-state index contributed by atoms with van der Waals surface area (Å²) >= 11 is 0. The van der Waals surface area contributed by atoms with Crippen LogP contribution in [0.25, 0.3) is 0 Å². The van der Waals surface area contributed by atoms with Crippen LogP contribution < -0.4 is 5.32 Å². The van der Waals surface area contributed by atoms with E-state index >= 15 is 0 Å². The molecule has 0 atom stereocenters. The van der Waals surface area contributed by atoms with E-state index in [9.17, 15) is 0 Å². The van der Waals surface area contributed by atoms with Crippen molar-refractivity contribution in [2.24, 2.45) is 0 Å². The molecule has 4 nitrogen and oxygen atoms in total. The lowest BCUT2D eigenvalue weighted by Gasteiger charge is -2.00. The van der Waals surface area contributed by atoms with Crippen molar-refractivity contribution in [3.05, 3.63) is 24.0 Å². The number of aromatic nitrogens is 2. The highest BCUT2D eigenvalue weighted by molar-refractivity contribution is 5.04. The highest BCUT2D eigenvalue weighted by Crippen LogP contribution is 1.91. The highest BCUT2D eigenvalue weighted by Gasteiger charge is 1.89. The van der Waals surface area contributed by atoms with Gasteiger partial charge in [-0.05, 0) is 11.6 Å². The van der Waals surface area contributed by atoms with Crippen molar-refractivity contribution in [3.8, 4) is 0 Å². The van der Waals surface area contributed by atoms with Gasteiger partial charge in [-0.25, -0.2) is 0 Å². The summed E-state index contributed by atoms with van der Waals surface area (Å²) in [5.74, 6) is 0. The Morgan fingerprint density at radius 2 is 2.36 bits per heavy atom. The van der Waals surface area contributed by atoms with Crippen LogP contribution in [-0.4, -0.2) is 28.5 Å². The Morgan fingerprint density at radius 1 is 1.45 bits per heavy atom. The molecule has 2 N–H and O–H groups in total. The second kappa shape index (κ2) is 4.76. The van der Waals surface area contributed by atoms with Gasteiger partial charge in [0.1, 0.15) is 0 Å². The van der Waals surface area contributed by atoms with Crippen molar-refractivity contribution in [1.82, 2.24) is 15.5 Å². The summed E-state index contributed by atoms with van der Waals surface area (Å²) in [7, 11) is 0. The van der Waals surface area contributed by atoms with Crippen LogP contribution in [0.1, 0.15) is 5.56 Å². The minimum absolute atomic E-state index is 0.165. The maximum atomic E-state index is 8.45. The predicted octanol–water partition coefficient (Wildman–Crippen LogP) is -0.442. The van der Waals surface area contributed by atoms with Gasteiger partial charge in [-0.15, -0.1) is 0 Å². The maximum absolute atomic E-state index is 8.45. The molecule has 11 heavy (non-hydrogen) atoms. The Hall–Kier alpha value is -1.00. The molecule has 60 valence electrons. The molecule has 0 aliphatic carbocycles. The molecule has 0 aliphatic heterocycles. The molecule has 1 rings (SSSR count). The average Bonchev–Trinajstić information content (AvgIpc) is 2.07. The number of aliphatic hydroxyl groups is 1. The van der Waals surface area contributed by atoms with Gasteiger partial charge in [0.05, 0.1) is 12.8 Å². The number of hydrogen-bond acceptors (Lipinski definition) is 4. The Balaban J connectivity index is 2.28. The molecule has 0 bridgehead atoms. The van der Waals surface area contributed by atoms with E-state index < -0.39 is 0 Å². The molecule has 0 spiro atoms. The zero-order valence-corrected chi connectivity index (χ0v) is 6.20. The van der Waals surface area contributed by atoms with Crippen LogP contribution in [0.4, 0.5) is 0 Å². The fourth-order valence-electron chi connectivity index (χ4n) is 0.734. The maximum Gasteiger partial charge on any atom is 0.0556 e. The Kier molecular flexibility index (Phi) is 3.51. The second-order valence-corrected chi connectivity index (χ2v) is 2.15. The fraction of sp³-hybridized carbons (Fsp3) is 0.429. The summed E-state index contributed by atoms with van der Waals surface area (Å²) in [4.78, 5) is 0. The Labute approximate surface area is 65.3 Å². The summed E-state index contributed by atoms with van der Waals surface area (Å²) in [6.07, 6.45) is 3.35. The van der Waals surface area contributed by atoms with Crippen LogP contribution in [0.15, 0.2) is 18.5 Å². The number of rotatable bonds is 4. The van der Waals surface area contributed by atoms with Gasteiger partial charge >= 0.3 is 0 Å². The number of nitrogens with one attached hydrogen (secondary N) is 1. The summed E-state index contributed by atoms with van der Waals surface area (Å²) in [5, 5.41) is 18.8. The quantitative estimate of drug-likeness (QED) is 0.576. The molecular weight excluding hydrogens is 142 g/mol. The van der Waals surface area contributed by atoms with Crippen LogP contribution in [0.5, 0.6) is 0 Å². The van der Waals surface area contributed by atoms with Crippen molar-refractivity contribution in [3.63, 3.8) is 0 Å². The van der Waals surface area contributed by atoms with Crippen molar-refractivity contribution in [2.45, 2.75) is 6.54 Å². The van der Waals surface area contributed by atoms with E-state index in [1.165, 1.54) is 0 Å². The van der Waals surface area contributed by atoms with Crippen molar-refractivity contribution >= 4 is 0 Å². The highest BCUT2D eigenvalue weighted by atomic mass is 16.3. The first kappa shape index (κ1) is 8.10.